The van der Waals surface area contributed by atoms with Crippen molar-refractivity contribution in [2.45, 2.75) is 23.7 Å². The van der Waals surface area contributed by atoms with Gasteiger partial charge in [-0.25, -0.2) is 13.4 Å². The van der Waals surface area contributed by atoms with Crippen LogP contribution in [-0.4, -0.2) is 44.1 Å². The quantitative estimate of drug-likeness (QED) is 0.863. The van der Waals surface area contributed by atoms with Gasteiger partial charge in [-0.1, -0.05) is 29.8 Å². The van der Waals surface area contributed by atoms with Crippen molar-refractivity contribution >= 4 is 21.4 Å². The highest BCUT2D eigenvalue weighted by atomic mass is 32.2. The molecule has 1 aliphatic rings. The number of aliphatic imine (C=N–C) groups is 1. The van der Waals surface area contributed by atoms with E-state index in [4.69, 9.17) is 0 Å². The van der Waals surface area contributed by atoms with Gasteiger partial charge in [0.25, 0.3) is 5.72 Å². The van der Waals surface area contributed by atoms with Crippen LogP contribution < -0.4 is 4.90 Å². The second-order valence-corrected chi connectivity index (χ2v) is 8.48. The summed E-state index contributed by atoms with van der Waals surface area (Å²) >= 11 is 0. The van der Waals surface area contributed by atoms with E-state index in [1.165, 1.54) is 29.2 Å². The van der Waals surface area contributed by atoms with Crippen molar-refractivity contribution in [3.05, 3.63) is 59.7 Å². The topological polar surface area (TPSA) is 70.0 Å². The zero-order valence-electron chi connectivity index (χ0n) is 14.5. The average Bonchev–Trinajstić information content (AvgIpc) is 2.94. The summed E-state index contributed by atoms with van der Waals surface area (Å²) in [5, 5.41) is 10.1. The van der Waals surface area contributed by atoms with Gasteiger partial charge in [-0.3, -0.25) is 0 Å². The second kappa shape index (κ2) is 6.35. The maximum absolute atomic E-state index is 13.3. The highest BCUT2D eigenvalue weighted by molar-refractivity contribution is 7.90. The van der Waals surface area contributed by atoms with Gasteiger partial charge in [0.15, 0.2) is 9.84 Å². The molecule has 0 bridgehead atoms. The van der Waals surface area contributed by atoms with Crippen LogP contribution in [-0.2, 0) is 9.84 Å². The van der Waals surface area contributed by atoms with E-state index in [0.717, 1.165) is 11.8 Å². The third-order valence-electron chi connectivity index (χ3n) is 4.27. The van der Waals surface area contributed by atoms with Gasteiger partial charge in [0, 0.05) is 17.5 Å². The Labute approximate surface area is 154 Å². The lowest BCUT2D eigenvalue weighted by molar-refractivity contribution is -0.249. The van der Waals surface area contributed by atoms with Crippen LogP contribution >= 0.6 is 0 Å². The van der Waals surface area contributed by atoms with Gasteiger partial charge in [0.1, 0.15) is 5.84 Å². The summed E-state index contributed by atoms with van der Waals surface area (Å²) in [6, 6.07) is 12.1. The van der Waals surface area contributed by atoms with Gasteiger partial charge in [-0.15, -0.1) is 0 Å². The number of nitrogens with zero attached hydrogens (tertiary/aromatic N) is 2. The predicted molar refractivity (Wildman–Crippen MR) is 95.6 cm³/mol. The molecule has 27 heavy (non-hydrogen) atoms. The highest BCUT2D eigenvalue weighted by Gasteiger charge is 2.58. The Morgan fingerprint density at radius 1 is 1.07 bits per heavy atom. The first kappa shape index (κ1) is 19.4. The third-order valence-corrected chi connectivity index (χ3v) is 5.39. The Balaban J connectivity index is 2.07. The minimum absolute atomic E-state index is 0.0399. The Bertz CT molecular complexity index is 984. The SMILES string of the molecule is Cc1ccc(C2=NC(O)(C(F)(F)F)CN2c2ccc(S(C)(=O)=O)cc2)cc1. The molecule has 2 aromatic rings. The maximum atomic E-state index is 13.3. The normalized spacial score (nSPS) is 20.7. The fourth-order valence-corrected chi connectivity index (χ4v) is 3.36. The zero-order valence-corrected chi connectivity index (χ0v) is 15.3. The number of halogens is 3. The van der Waals surface area contributed by atoms with E-state index in [0.29, 0.717) is 11.3 Å². The molecule has 0 saturated heterocycles. The summed E-state index contributed by atoms with van der Waals surface area (Å²) in [5.74, 6) is -0.0399. The molecule has 0 spiro atoms. The molecule has 0 aromatic heterocycles. The van der Waals surface area contributed by atoms with E-state index in [1.54, 1.807) is 24.3 Å². The number of benzene rings is 2. The van der Waals surface area contributed by atoms with E-state index < -0.39 is 28.3 Å². The molecule has 0 amide bonds. The number of rotatable bonds is 3. The molecule has 0 saturated carbocycles. The first-order valence-electron chi connectivity index (χ1n) is 7.94. The Kier molecular flexibility index (Phi) is 4.55. The highest BCUT2D eigenvalue weighted by Crippen LogP contribution is 2.39. The maximum Gasteiger partial charge on any atom is 0.440 e. The lowest BCUT2D eigenvalue weighted by Crippen LogP contribution is -2.47. The summed E-state index contributed by atoms with van der Waals surface area (Å²) in [5.41, 5.74) is -1.62. The number of aryl methyl sites for hydroxylation is 1. The average molecular weight is 398 g/mol. The van der Waals surface area contributed by atoms with Crippen molar-refractivity contribution in [1.29, 1.82) is 0 Å². The van der Waals surface area contributed by atoms with Crippen LogP contribution in [0.1, 0.15) is 11.1 Å². The van der Waals surface area contributed by atoms with E-state index in [9.17, 15) is 26.7 Å². The van der Waals surface area contributed by atoms with E-state index in [1.807, 2.05) is 6.92 Å². The van der Waals surface area contributed by atoms with Crippen LogP contribution in [0.2, 0.25) is 0 Å². The van der Waals surface area contributed by atoms with Crippen LogP contribution in [0, 0.1) is 6.92 Å². The molecular formula is C18H17F3N2O3S. The summed E-state index contributed by atoms with van der Waals surface area (Å²) in [7, 11) is -3.44. The lowest BCUT2D eigenvalue weighted by atomic mass is 10.1. The second-order valence-electron chi connectivity index (χ2n) is 6.47. The number of sulfone groups is 1. The molecule has 0 fully saturated rings. The van der Waals surface area contributed by atoms with Crippen molar-refractivity contribution < 1.29 is 26.7 Å². The number of β-amino-alcohol motifs (C(OH)–C–C–N with tert-alkyl or cyclic N) is 1. The van der Waals surface area contributed by atoms with Crippen LogP contribution in [0.3, 0.4) is 0 Å². The summed E-state index contributed by atoms with van der Waals surface area (Å²) in [6.45, 7) is 1.02. The number of amidine groups is 1. The van der Waals surface area contributed by atoms with Crippen LogP contribution in [0.4, 0.5) is 18.9 Å². The van der Waals surface area contributed by atoms with E-state index in [2.05, 4.69) is 4.99 Å². The Morgan fingerprint density at radius 3 is 2.11 bits per heavy atom. The van der Waals surface area contributed by atoms with Crippen molar-refractivity contribution in [2.75, 3.05) is 17.7 Å². The minimum atomic E-state index is -4.95. The molecule has 1 heterocycles. The molecule has 1 unspecified atom stereocenters. The van der Waals surface area contributed by atoms with Gasteiger partial charge < -0.3 is 10.0 Å². The van der Waals surface area contributed by atoms with Gasteiger partial charge in [-0.05, 0) is 31.2 Å². The van der Waals surface area contributed by atoms with Gasteiger partial charge in [0.05, 0.1) is 11.4 Å². The lowest BCUT2D eigenvalue weighted by Gasteiger charge is -2.25. The Morgan fingerprint density at radius 2 is 1.63 bits per heavy atom. The van der Waals surface area contributed by atoms with Crippen molar-refractivity contribution in [1.82, 2.24) is 0 Å². The standard InChI is InChI=1S/C18H17F3N2O3S/c1-12-3-5-13(6-4-12)16-22-17(24,18(19,20)21)11-23(16)14-7-9-15(10-8-14)27(2,25)26/h3-10,24H,11H2,1-2H3. The number of aliphatic hydroxyl groups is 1. The largest absolute Gasteiger partial charge is 0.440 e. The molecule has 144 valence electrons. The fourth-order valence-electron chi connectivity index (χ4n) is 2.73. The molecular weight excluding hydrogens is 381 g/mol. The zero-order chi connectivity index (χ0) is 20.0. The smallest absolute Gasteiger partial charge is 0.361 e. The fraction of sp³-hybridized carbons (Fsp3) is 0.278. The third kappa shape index (κ3) is 3.70. The van der Waals surface area contributed by atoms with Gasteiger partial charge in [0.2, 0.25) is 0 Å². The van der Waals surface area contributed by atoms with Crippen LogP contribution in [0.15, 0.2) is 58.4 Å². The molecule has 0 radical (unpaired) electrons. The van der Waals surface area contributed by atoms with E-state index in [-0.39, 0.29) is 10.7 Å². The van der Waals surface area contributed by atoms with Crippen molar-refractivity contribution in [2.24, 2.45) is 4.99 Å². The van der Waals surface area contributed by atoms with Gasteiger partial charge >= 0.3 is 6.18 Å². The number of hydrogen-bond acceptors (Lipinski definition) is 5. The van der Waals surface area contributed by atoms with Gasteiger partial charge in [-0.2, -0.15) is 13.2 Å². The van der Waals surface area contributed by atoms with E-state index >= 15 is 0 Å². The van der Waals surface area contributed by atoms with Crippen molar-refractivity contribution in [3.8, 4) is 0 Å². The Hall–Kier alpha value is -2.39. The number of alkyl halides is 3. The first-order chi connectivity index (χ1) is 12.4. The molecule has 2 aromatic carbocycles. The molecule has 5 nitrogen and oxygen atoms in total. The summed E-state index contributed by atoms with van der Waals surface area (Å²) < 4.78 is 63.2. The predicted octanol–water partition coefficient (Wildman–Crippen LogP) is 2.92. The summed E-state index contributed by atoms with van der Waals surface area (Å²) in [6.07, 6.45) is -3.91. The molecule has 3 rings (SSSR count). The van der Waals surface area contributed by atoms with Crippen LogP contribution in [0.5, 0.6) is 0 Å². The minimum Gasteiger partial charge on any atom is -0.361 e. The molecule has 1 N–H and O–H groups in total. The monoisotopic (exact) mass is 398 g/mol. The van der Waals surface area contributed by atoms with Crippen LogP contribution in [0.25, 0.3) is 0 Å². The number of anilines is 1. The molecule has 1 aliphatic heterocycles. The number of hydrogen-bond donors (Lipinski definition) is 1. The summed E-state index contributed by atoms with van der Waals surface area (Å²) in [4.78, 5) is 4.85. The molecule has 0 aliphatic carbocycles. The molecule has 1 atom stereocenters. The molecule has 9 heteroatoms. The van der Waals surface area contributed by atoms with Crippen molar-refractivity contribution in [3.63, 3.8) is 0 Å². The first-order valence-corrected chi connectivity index (χ1v) is 9.83.